The highest BCUT2D eigenvalue weighted by Gasteiger charge is 2.10. The summed E-state index contributed by atoms with van der Waals surface area (Å²) in [5.41, 5.74) is 2.76. The highest BCUT2D eigenvalue weighted by atomic mass is 16.5. The Labute approximate surface area is 81.8 Å². The van der Waals surface area contributed by atoms with Crippen LogP contribution in [0.2, 0.25) is 0 Å². The van der Waals surface area contributed by atoms with Crippen LogP contribution in [0, 0.1) is 0 Å². The van der Waals surface area contributed by atoms with Crippen LogP contribution in [0.25, 0.3) is 0 Å². The number of rotatable bonds is 4. The molecule has 5 heteroatoms. The summed E-state index contributed by atoms with van der Waals surface area (Å²) in [5, 5.41) is 18.1. The van der Waals surface area contributed by atoms with Gasteiger partial charge in [-0.25, -0.2) is 5.48 Å². The zero-order valence-corrected chi connectivity index (χ0v) is 8.07. The molecule has 0 aliphatic rings. The molecule has 0 bridgehead atoms. The van der Waals surface area contributed by atoms with Crippen LogP contribution in [0.1, 0.15) is 5.56 Å². The van der Waals surface area contributed by atoms with Crippen molar-refractivity contribution in [2.45, 2.75) is 6.54 Å². The van der Waals surface area contributed by atoms with E-state index in [0.717, 1.165) is 5.56 Å². The Bertz CT molecular complexity index is 289. The molecule has 0 spiro atoms. The number of aromatic hydroxyl groups is 1. The second-order valence-electron chi connectivity index (χ2n) is 2.68. The van der Waals surface area contributed by atoms with Crippen LogP contribution in [-0.2, 0) is 6.54 Å². The minimum absolute atomic E-state index is 0.0447. The number of phenolic OH excluding ortho intramolecular Hbond substituents is 1. The number of methoxy groups -OCH3 is 2. The monoisotopic (exact) mass is 199 g/mol. The van der Waals surface area contributed by atoms with Crippen molar-refractivity contribution in [1.82, 2.24) is 5.48 Å². The Morgan fingerprint density at radius 3 is 2.07 bits per heavy atom. The van der Waals surface area contributed by atoms with E-state index >= 15 is 0 Å². The molecule has 0 aliphatic carbocycles. The molecule has 3 N–H and O–H groups in total. The molecule has 0 heterocycles. The summed E-state index contributed by atoms with van der Waals surface area (Å²) in [5.74, 6) is 0.584. The minimum Gasteiger partial charge on any atom is -0.502 e. The lowest BCUT2D eigenvalue weighted by molar-refractivity contribution is 0.161. The van der Waals surface area contributed by atoms with E-state index in [-0.39, 0.29) is 12.3 Å². The Morgan fingerprint density at radius 1 is 1.21 bits per heavy atom. The van der Waals surface area contributed by atoms with Crippen LogP contribution in [0.3, 0.4) is 0 Å². The predicted molar refractivity (Wildman–Crippen MR) is 49.8 cm³/mol. The average molecular weight is 199 g/mol. The maximum absolute atomic E-state index is 9.55. The van der Waals surface area contributed by atoms with Crippen molar-refractivity contribution in [1.29, 1.82) is 0 Å². The molecule has 0 amide bonds. The summed E-state index contributed by atoms with van der Waals surface area (Å²) in [6.45, 7) is 0.257. The molecule has 0 saturated heterocycles. The fraction of sp³-hybridized carbons (Fsp3) is 0.333. The average Bonchev–Trinajstić information content (AvgIpc) is 2.20. The van der Waals surface area contributed by atoms with E-state index in [0.29, 0.717) is 11.5 Å². The van der Waals surface area contributed by atoms with Gasteiger partial charge >= 0.3 is 0 Å². The molecule has 0 aliphatic heterocycles. The van der Waals surface area contributed by atoms with Crippen LogP contribution in [0.15, 0.2) is 12.1 Å². The van der Waals surface area contributed by atoms with Crippen molar-refractivity contribution >= 4 is 0 Å². The van der Waals surface area contributed by atoms with Gasteiger partial charge in [-0.3, -0.25) is 0 Å². The van der Waals surface area contributed by atoms with E-state index in [1.165, 1.54) is 14.2 Å². The molecule has 1 rings (SSSR count). The molecule has 14 heavy (non-hydrogen) atoms. The highest BCUT2D eigenvalue weighted by Crippen LogP contribution is 2.36. The zero-order valence-electron chi connectivity index (χ0n) is 8.07. The van der Waals surface area contributed by atoms with Gasteiger partial charge in [-0.2, -0.15) is 0 Å². The van der Waals surface area contributed by atoms with Crippen LogP contribution >= 0.6 is 0 Å². The SMILES string of the molecule is COc1cc(CNO)cc(OC)c1O. The molecular weight excluding hydrogens is 186 g/mol. The zero-order chi connectivity index (χ0) is 10.6. The number of hydrogen-bond acceptors (Lipinski definition) is 5. The molecule has 5 nitrogen and oxygen atoms in total. The maximum atomic E-state index is 9.55. The van der Waals surface area contributed by atoms with Gasteiger partial charge in [-0.1, -0.05) is 0 Å². The summed E-state index contributed by atoms with van der Waals surface area (Å²) >= 11 is 0. The topological polar surface area (TPSA) is 71.0 Å². The van der Waals surface area contributed by atoms with Crippen LogP contribution < -0.4 is 15.0 Å². The third-order valence-electron chi connectivity index (χ3n) is 1.82. The number of hydroxylamine groups is 1. The van der Waals surface area contributed by atoms with Gasteiger partial charge in [-0.05, 0) is 17.7 Å². The van der Waals surface area contributed by atoms with E-state index in [1.54, 1.807) is 12.1 Å². The molecule has 0 saturated carbocycles. The molecule has 1 aromatic rings. The first kappa shape index (κ1) is 10.6. The molecule has 0 radical (unpaired) electrons. The summed E-state index contributed by atoms with van der Waals surface area (Å²) < 4.78 is 9.87. The first-order valence-corrected chi connectivity index (χ1v) is 4.03. The second kappa shape index (κ2) is 4.69. The number of nitrogens with one attached hydrogen (secondary N) is 1. The summed E-state index contributed by atoms with van der Waals surface area (Å²) in [4.78, 5) is 0. The number of benzene rings is 1. The van der Waals surface area contributed by atoms with Gasteiger partial charge in [0.05, 0.1) is 14.2 Å². The van der Waals surface area contributed by atoms with E-state index in [2.05, 4.69) is 0 Å². The lowest BCUT2D eigenvalue weighted by Gasteiger charge is -2.10. The van der Waals surface area contributed by atoms with E-state index in [4.69, 9.17) is 14.7 Å². The normalized spacial score (nSPS) is 9.93. The minimum atomic E-state index is -0.0447. The quantitative estimate of drug-likeness (QED) is 0.628. The predicted octanol–water partition coefficient (Wildman–Crippen LogP) is 0.888. The van der Waals surface area contributed by atoms with Crippen molar-refractivity contribution in [3.8, 4) is 17.2 Å². The first-order chi connectivity index (χ1) is 6.72. The van der Waals surface area contributed by atoms with Crippen molar-refractivity contribution in [2.75, 3.05) is 14.2 Å². The molecule has 0 atom stereocenters. The maximum Gasteiger partial charge on any atom is 0.200 e. The number of phenols is 1. The second-order valence-corrected chi connectivity index (χ2v) is 2.68. The smallest absolute Gasteiger partial charge is 0.200 e. The van der Waals surface area contributed by atoms with Crippen molar-refractivity contribution in [2.24, 2.45) is 0 Å². The van der Waals surface area contributed by atoms with Crippen LogP contribution in [-0.4, -0.2) is 24.5 Å². The molecule has 0 unspecified atom stereocenters. The Hall–Kier alpha value is -1.46. The van der Waals surface area contributed by atoms with E-state index in [9.17, 15) is 5.11 Å². The standard InChI is InChI=1S/C9H13NO4/c1-13-7-3-6(5-10-12)4-8(14-2)9(7)11/h3-4,10-12H,5H2,1-2H3. The lowest BCUT2D eigenvalue weighted by Crippen LogP contribution is -2.06. The molecule has 0 fully saturated rings. The van der Waals surface area contributed by atoms with Gasteiger partial charge in [0, 0.05) is 6.54 Å². The van der Waals surface area contributed by atoms with Crippen LogP contribution in [0.4, 0.5) is 0 Å². The number of ether oxygens (including phenoxy) is 2. The van der Waals surface area contributed by atoms with Gasteiger partial charge in [-0.15, -0.1) is 0 Å². The largest absolute Gasteiger partial charge is 0.502 e. The van der Waals surface area contributed by atoms with Gasteiger partial charge in [0.25, 0.3) is 0 Å². The van der Waals surface area contributed by atoms with E-state index < -0.39 is 0 Å². The summed E-state index contributed by atoms with van der Waals surface area (Å²) in [6, 6.07) is 3.22. The summed E-state index contributed by atoms with van der Waals surface area (Å²) in [7, 11) is 2.90. The molecule has 1 aromatic carbocycles. The third kappa shape index (κ3) is 2.07. The fourth-order valence-electron chi connectivity index (χ4n) is 1.14. The lowest BCUT2D eigenvalue weighted by atomic mass is 10.2. The van der Waals surface area contributed by atoms with Crippen molar-refractivity contribution in [3.63, 3.8) is 0 Å². The molecule has 0 aromatic heterocycles. The Balaban J connectivity index is 3.11. The summed E-state index contributed by atoms with van der Waals surface area (Å²) in [6.07, 6.45) is 0. The van der Waals surface area contributed by atoms with E-state index in [1.807, 2.05) is 5.48 Å². The molecule has 78 valence electrons. The van der Waals surface area contributed by atoms with Crippen molar-refractivity contribution < 1.29 is 19.8 Å². The van der Waals surface area contributed by atoms with Crippen LogP contribution in [0.5, 0.6) is 17.2 Å². The highest BCUT2D eigenvalue weighted by molar-refractivity contribution is 5.52. The molecular formula is C9H13NO4. The Morgan fingerprint density at radius 2 is 1.71 bits per heavy atom. The third-order valence-corrected chi connectivity index (χ3v) is 1.82. The van der Waals surface area contributed by atoms with Gasteiger partial charge in [0.1, 0.15) is 0 Å². The number of hydrogen-bond donors (Lipinski definition) is 3. The fourth-order valence-corrected chi connectivity index (χ4v) is 1.14. The van der Waals surface area contributed by atoms with Gasteiger partial charge in [0.15, 0.2) is 11.5 Å². The van der Waals surface area contributed by atoms with Crippen molar-refractivity contribution in [3.05, 3.63) is 17.7 Å². The Kier molecular flexibility index (Phi) is 3.55. The first-order valence-electron chi connectivity index (χ1n) is 4.03. The van der Waals surface area contributed by atoms with Gasteiger partial charge in [0.2, 0.25) is 5.75 Å². The van der Waals surface area contributed by atoms with Gasteiger partial charge < -0.3 is 19.8 Å².